The van der Waals surface area contributed by atoms with E-state index in [9.17, 15) is 5.11 Å². The van der Waals surface area contributed by atoms with Gasteiger partial charge in [0.1, 0.15) is 5.75 Å². The maximum atomic E-state index is 9.46. The van der Waals surface area contributed by atoms with Gasteiger partial charge in [0, 0.05) is 18.3 Å². The quantitative estimate of drug-likeness (QED) is 0.354. The Balaban J connectivity index is 2.25. The zero-order valence-corrected chi connectivity index (χ0v) is 10.8. The molecule has 6 heteroatoms. The lowest BCUT2D eigenvalue weighted by Gasteiger charge is -1.96. The number of hydrogen-bond acceptors (Lipinski definition) is 4. The van der Waals surface area contributed by atoms with Gasteiger partial charge in [-0.2, -0.15) is 0 Å². The number of phenols is 1. The van der Waals surface area contributed by atoms with Gasteiger partial charge in [-0.05, 0) is 24.6 Å². The summed E-state index contributed by atoms with van der Waals surface area (Å²) in [5, 5.41) is 9.46. The highest BCUT2D eigenvalue weighted by molar-refractivity contribution is 6.33. The fraction of sp³-hybridized carbons (Fsp3) is 0.300. The molecule has 1 aromatic rings. The molecule has 5 radical (unpaired) electrons. The number of hydrogen-bond donors (Lipinski definition) is 1. The molecule has 1 rings (SSSR count). The summed E-state index contributed by atoms with van der Waals surface area (Å²) in [6.07, 6.45) is 2.68. The van der Waals surface area contributed by atoms with Crippen LogP contribution in [-0.4, -0.2) is 38.0 Å². The second kappa shape index (κ2) is 7.94. The SMILES string of the molecule is Oc1ccccc1C=NCCC[Si]N=N[Si]. The maximum absolute atomic E-state index is 9.46. The van der Waals surface area contributed by atoms with Crippen molar-refractivity contribution >= 4 is 26.3 Å². The molecule has 0 aliphatic heterocycles. The predicted molar refractivity (Wildman–Crippen MR) is 66.4 cm³/mol. The number of benzene rings is 1. The van der Waals surface area contributed by atoms with Crippen LogP contribution in [0.15, 0.2) is 38.8 Å². The van der Waals surface area contributed by atoms with Gasteiger partial charge in [-0.3, -0.25) is 14.6 Å². The lowest BCUT2D eigenvalue weighted by Crippen LogP contribution is -1.89. The summed E-state index contributed by atoms with van der Waals surface area (Å²) >= 11 is 0. The summed E-state index contributed by atoms with van der Waals surface area (Å²) in [6, 6.07) is 8.14. The molecule has 0 bridgehead atoms. The Kier molecular flexibility index (Phi) is 6.35. The Labute approximate surface area is 101 Å². The summed E-state index contributed by atoms with van der Waals surface area (Å²) in [4.78, 5) is 4.24. The fourth-order valence-electron chi connectivity index (χ4n) is 1.09. The second-order valence-electron chi connectivity index (χ2n) is 3.06. The number of rotatable bonds is 6. The van der Waals surface area contributed by atoms with Gasteiger partial charge in [-0.25, -0.2) is 0 Å². The Morgan fingerprint density at radius 2 is 2.19 bits per heavy atom. The standard InChI is InChI=1S/C10H12N3OSi2/c14-10-5-2-1-4-9(10)8-11-6-3-7-16-13-12-15/h1-2,4-5,8,14H,3,6-7H2. The molecule has 1 aromatic carbocycles. The molecule has 1 N–H and O–H groups in total. The van der Waals surface area contributed by atoms with Crippen molar-refractivity contribution in [2.75, 3.05) is 6.54 Å². The topological polar surface area (TPSA) is 57.3 Å². The summed E-state index contributed by atoms with van der Waals surface area (Å²) in [6.45, 7) is 0.749. The Hall–Kier alpha value is -1.28. The monoisotopic (exact) mass is 246 g/mol. The van der Waals surface area contributed by atoms with Gasteiger partial charge >= 0.3 is 0 Å². The zero-order valence-electron chi connectivity index (χ0n) is 8.80. The van der Waals surface area contributed by atoms with E-state index >= 15 is 0 Å². The Morgan fingerprint density at radius 3 is 2.94 bits per heavy atom. The fourth-order valence-corrected chi connectivity index (χ4v) is 1.79. The van der Waals surface area contributed by atoms with Gasteiger partial charge in [-0.15, -0.1) is 0 Å². The average Bonchev–Trinajstić information content (AvgIpc) is 2.30. The first kappa shape index (κ1) is 12.8. The van der Waals surface area contributed by atoms with Crippen molar-refractivity contribution in [2.24, 2.45) is 14.6 Å². The summed E-state index contributed by atoms with van der Waals surface area (Å²) in [5.74, 6) is 0.265. The van der Waals surface area contributed by atoms with Crippen molar-refractivity contribution in [3.63, 3.8) is 0 Å². The number of phenolic OH excluding ortho intramolecular Hbond substituents is 1. The van der Waals surface area contributed by atoms with Crippen LogP contribution in [0.2, 0.25) is 6.04 Å². The number of aliphatic imine (C=N–C) groups is 1. The van der Waals surface area contributed by atoms with Crippen molar-refractivity contribution in [1.29, 1.82) is 0 Å². The van der Waals surface area contributed by atoms with Crippen molar-refractivity contribution in [3.05, 3.63) is 29.8 Å². The van der Waals surface area contributed by atoms with Crippen LogP contribution in [0.25, 0.3) is 0 Å². The molecule has 81 valence electrons. The highest BCUT2D eigenvalue weighted by atomic mass is 28.2. The first-order valence-electron chi connectivity index (χ1n) is 4.91. The van der Waals surface area contributed by atoms with E-state index in [0.29, 0.717) is 9.68 Å². The van der Waals surface area contributed by atoms with E-state index in [1.165, 1.54) is 0 Å². The van der Waals surface area contributed by atoms with E-state index < -0.39 is 0 Å². The molecular formula is C10H12N3OSi2. The second-order valence-corrected chi connectivity index (χ2v) is 4.27. The molecule has 0 spiro atoms. The minimum absolute atomic E-state index is 0.265. The number of nitrogens with zero attached hydrogens (tertiary/aromatic N) is 3. The van der Waals surface area contributed by atoms with Crippen molar-refractivity contribution in [2.45, 2.75) is 12.5 Å². The van der Waals surface area contributed by atoms with Gasteiger partial charge in [0.15, 0.2) is 0 Å². The Morgan fingerprint density at radius 1 is 1.38 bits per heavy atom. The molecule has 0 heterocycles. The average molecular weight is 246 g/mol. The van der Waals surface area contributed by atoms with Crippen LogP contribution in [0.1, 0.15) is 12.0 Å². The van der Waals surface area contributed by atoms with Crippen LogP contribution >= 0.6 is 0 Å². The molecule has 0 saturated carbocycles. The van der Waals surface area contributed by atoms with Crippen molar-refractivity contribution < 1.29 is 5.11 Å². The van der Waals surface area contributed by atoms with E-state index in [-0.39, 0.29) is 5.75 Å². The van der Waals surface area contributed by atoms with Crippen LogP contribution in [-0.2, 0) is 0 Å². The molecule has 0 aromatic heterocycles. The van der Waals surface area contributed by atoms with Gasteiger partial charge < -0.3 is 5.11 Å². The molecule has 0 atom stereocenters. The van der Waals surface area contributed by atoms with Crippen LogP contribution in [0.3, 0.4) is 0 Å². The third-order valence-corrected chi connectivity index (χ3v) is 2.98. The molecule has 0 aliphatic rings. The molecule has 0 unspecified atom stereocenters. The largest absolute Gasteiger partial charge is 0.507 e. The minimum Gasteiger partial charge on any atom is -0.507 e. The Bertz CT molecular complexity index is 369. The highest BCUT2D eigenvalue weighted by Crippen LogP contribution is 2.12. The highest BCUT2D eigenvalue weighted by Gasteiger charge is 1.94. The third-order valence-electron chi connectivity index (χ3n) is 1.86. The normalized spacial score (nSPS) is 11.6. The summed E-state index contributed by atoms with van der Waals surface area (Å²) in [7, 11) is 3.42. The lowest BCUT2D eigenvalue weighted by molar-refractivity contribution is 0.474. The predicted octanol–water partition coefficient (Wildman–Crippen LogP) is 1.77. The van der Waals surface area contributed by atoms with E-state index in [4.69, 9.17) is 0 Å². The van der Waals surface area contributed by atoms with E-state index in [0.717, 1.165) is 24.6 Å². The molecular weight excluding hydrogens is 234 g/mol. The first-order valence-corrected chi connectivity index (χ1v) is 6.52. The zero-order chi connectivity index (χ0) is 11.6. The summed E-state index contributed by atoms with van der Waals surface area (Å²) < 4.78 is 7.30. The third kappa shape index (κ3) is 4.99. The molecule has 4 nitrogen and oxygen atoms in total. The van der Waals surface area contributed by atoms with Crippen LogP contribution in [0.5, 0.6) is 5.75 Å². The molecule has 0 amide bonds. The lowest BCUT2D eigenvalue weighted by atomic mass is 10.2. The molecule has 16 heavy (non-hydrogen) atoms. The maximum Gasteiger partial charge on any atom is 0.253 e. The van der Waals surface area contributed by atoms with Crippen LogP contribution in [0.4, 0.5) is 0 Å². The number of para-hydroxylation sites is 1. The van der Waals surface area contributed by atoms with Crippen molar-refractivity contribution in [3.8, 4) is 5.75 Å². The van der Waals surface area contributed by atoms with Crippen molar-refractivity contribution in [1.82, 2.24) is 0 Å². The van der Waals surface area contributed by atoms with Crippen LogP contribution < -0.4 is 0 Å². The molecule has 0 saturated heterocycles. The minimum atomic E-state index is 0.265. The van der Waals surface area contributed by atoms with E-state index in [1.807, 2.05) is 12.1 Å². The molecule has 0 aliphatic carbocycles. The first-order chi connectivity index (χ1) is 7.84. The summed E-state index contributed by atoms with van der Waals surface area (Å²) in [5.41, 5.74) is 0.754. The van der Waals surface area contributed by atoms with Crippen LogP contribution in [0, 0.1) is 0 Å². The number of aromatic hydroxyl groups is 1. The van der Waals surface area contributed by atoms with Gasteiger partial charge in [0.2, 0.25) is 9.68 Å². The van der Waals surface area contributed by atoms with Gasteiger partial charge in [-0.1, -0.05) is 12.1 Å². The van der Waals surface area contributed by atoms with Gasteiger partial charge in [0.05, 0.1) is 0 Å². The van der Waals surface area contributed by atoms with Gasteiger partial charge in [0.25, 0.3) is 10.4 Å². The van der Waals surface area contributed by atoms with E-state index in [2.05, 4.69) is 25.0 Å². The van der Waals surface area contributed by atoms with E-state index in [1.54, 1.807) is 18.3 Å². The smallest absolute Gasteiger partial charge is 0.253 e. The molecule has 0 fully saturated rings.